The van der Waals surface area contributed by atoms with E-state index in [-0.39, 0.29) is 0 Å². The lowest BCUT2D eigenvalue weighted by Crippen LogP contribution is -2.59. The molecule has 0 amide bonds. The van der Waals surface area contributed by atoms with Gasteiger partial charge in [0, 0.05) is 12.6 Å². The van der Waals surface area contributed by atoms with Gasteiger partial charge >= 0.3 is 0 Å². The van der Waals surface area contributed by atoms with Gasteiger partial charge in [-0.3, -0.25) is 0 Å². The van der Waals surface area contributed by atoms with E-state index in [0.29, 0.717) is 5.41 Å². The second kappa shape index (κ2) is 5.85. The summed E-state index contributed by atoms with van der Waals surface area (Å²) < 4.78 is 0. The summed E-state index contributed by atoms with van der Waals surface area (Å²) in [5.41, 5.74) is 0.669. The average Bonchev–Trinajstić information content (AvgIpc) is 2.46. The molecular formula is C19H34N2. The Labute approximate surface area is 131 Å². The van der Waals surface area contributed by atoms with Crippen LogP contribution in [0.3, 0.4) is 0 Å². The van der Waals surface area contributed by atoms with Crippen molar-refractivity contribution in [2.24, 2.45) is 23.2 Å². The summed E-state index contributed by atoms with van der Waals surface area (Å²) in [7, 11) is 0. The summed E-state index contributed by atoms with van der Waals surface area (Å²) in [6.07, 6.45) is 13.7. The summed E-state index contributed by atoms with van der Waals surface area (Å²) in [4.78, 5) is 2.77. The molecule has 4 aliphatic carbocycles. The van der Waals surface area contributed by atoms with Crippen molar-refractivity contribution in [3.8, 4) is 0 Å². The number of rotatable bonds is 5. The van der Waals surface area contributed by atoms with Gasteiger partial charge < -0.3 is 10.2 Å². The molecule has 5 rings (SSSR count). The third kappa shape index (κ3) is 2.79. The average molecular weight is 290 g/mol. The van der Waals surface area contributed by atoms with Crippen LogP contribution in [0.15, 0.2) is 0 Å². The molecule has 0 aromatic rings. The summed E-state index contributed by atoms with van der Waals surface area (Å²) in [5.74, 6) is 3.25. The quantitative estimate of drug-likeness (QED) is 0.831. The maximum atomic E-state index is 3.95. The second-order valence-electron chi connectivity index (χ2n) is 8.75. The van der Waals surface area contributed by atoms with Crippen molar-refractivity contribution in [3.63, 3.8) is 0 Å². The molecule has 120 valence electrons. The topological polar surface area (TPSA) is 15.3 Å². The van der Waals surface area contributed by atoms with E-state index in [1.807, 2.05) is 0 Å². The van der Waals surface area contributed by atoms with E-state index in [0.717, 1.165) is 30.3 Å². The Balaban J connectivity index is 1.49. The molecular weight excluding hydrogens is 256 g/mol. The van der Waals surface area contributed by atoms with Gasteiger partial charge in [0.2, 0.25) is 0 Å². The highest BCUT2D eigenvalue weighted by Gasteiger charge is 2.54. The highest BCUT2D eigenvalue weighted by Crippen LogP contribution is 2.61. The lowest BCUT2D eigenvalue weighted by atomic mass is 9.47. The molecule has 0 aromatic carbocycles. The largest absolute Gasteiger partial charge is 0.312 e. The molecule has 1 N–H and O–H groups in total. The Kier molecular flexibility index (Phi) is 4.04. The highest BCUT2D eigenvalue weighted by molar-refractivity contribution is 5.06. The predicted octanol–water partition coefficient (Wildman–Crippen LogP) is 3.67. The van der Waals surface area contributed by atoms with E-state index in [2.05, 4.69) is 17.1 Å². The SMILES string of the molecule is CCNC(CN1CCCCC1)C12CC3CC(CC(C3)C1)C2. The van der Waals surface area contributed by atoms with E-state index in [9.17, 15) is 0 Å². The molecule has 0 radical (unpaired) electrons. The Morgan fingerprint density at radius 2 is 1.52 bits per heavy atom. The number of hydrogen-bond acceptors (Lipinski definition) is 2. The van der Waals surface area contributed by atoms with E-state index in [1.165, 1.54) is 38.9 Å². The van der Waals surface area contributed by atoms with Gasteiger partial charge in [-0.2, -0.15) is 0 Å². The molecule has 4 bridgehead atoms. The number of nitrogens with one attached hydrogen (secondary N) is 1. The molecule has 0 spiro atoms. The first kappa shape index (κ1) is 14.5. The summed E-state index contributed by atoms with van der Waals surface area (Å²) in [6, 6.07) is 0.772. The lowest BCUT2D eigenvalue weighted by molar-refractivity contribution is -0.0791. The number of likely N-dealkylation sites (N-methyl/N-ethyl adjacent to an activating group) is 1. The zero-order valence-electron chi connectivity index (χ0n) is 13.9. The molecule has 1 aliphatic heterocycles. The van der Waals surface area contributed by atoms with Gasteiger partial charge in [0.1, 0.15) is 0 Å². The first-order valence-electron chi connectivity index (χ1n) is 9.73. The molecule has 0 aromatic heterocycles. The van der Waals surface area contributed by atoms with Crippen LogP contribution in [0, 0.1) is 23.2 Å². The minimum atomic E-state index is 0.669. The molecule has 1 saturated heterocycles. The van der Waals surface area contributed by atoms with Crippen LogP contribution in [-0.4, -0.2) is 37.1 Å². The minimum absolute atomic E-state index is 0.669. The van der Waals surface area contributed by atoms with E-state index < -0.39 is 0 Å². The summed E-state index contributed by atoms with van der Waals surface area (Å²) >= 11 is 0. The second-order valence-corrected chi connectivity index (χ2v) is 8.75. The highest BCUT2D eigenvalue weighted by atomic mass is 15.2. The van der Waals surface area contributed by atoms with Crippen molar-refractivity contribution >= 4 is 0 Å². The van der Waals surface area contributed by atoms with Gasteiger partial charge in [-0.05, 0) is 94.2 Å². The van der Waals surface area contributed by atoms with Crippen LogP contribution in [0.1, 0.15) is 64.7 Å². The Hall–Kier alpha value is -0.0800. The summed E-state index contributed by atoms with van der Waals surface area (Å²) in [5, 5.41) is 3.95. The van der Waals surface area contributed by atoms with Gasteiger partial charge in [-0.1, -0.05) is 13.3 Å². The van der Waals surface area contributed by atoms with Crippen LogP contribution in [0.25, 0.3) is 0 Å². The number of piperidine rings is 1. The molecule has 21 heavy (non-hydrogen) atoms. The minimum Gasteiger partial charge on any atom is -0.312 e. The van der Waals surface area contributed by atoms with Gasteiger partial charge in [0.05, 0.1) is 0 Å². The van der Waals surface area contributed by atoms with Crippen molar-refractivity contribution in [1.82, 2.24) is 10.2 Å². The maximum absolute atomic E-state index is 3.95. The Bertz CT molecular complexity index is 323. The number of likely N-dealkylation sites (tertiary alicyclic amines) is 1. The van der Waals surface area contributed by atoms with Crippen molar-refractivity contribution in [2.75, 3.05) is 26.2 Å². The van der Waals surface area contributed by atoms with Crippen molar-refractivity contribution in [1.29, 1.82) is 0 Å². The van der Waals surface area contributed by atoms with Gasteiger partial charge in [0.15, 0.2) is 0 Å². The van der Waals surface area contributed by atoms with Crippen molar-refractivity contribution in [2.45, 2.75) is 70.8 Å². The third-order valence-electron chi connectivity index (χ3n) is 7.16. The van der Waals surface area contributed by atoms with Crippen molar-refractivity contribution in [3.05, 3.63) is 0 Å². The normalized spacial score (nSPS) is 44.1. The molecule has 4 saturated carbocycles. The van der Waals surface area contributed by atoms with Crippen LogP contribution in [-0.2, 0) is 0 Å². The van der Waals surface area contributed by atoms with E-state index >= 15 is 0 Å². The first-order chi connectivity index (χ1) is 10.3. The van der Waals surface area contributed by atoms with E-state index in [1.54, 1.807) is 38.5 Å². The molecule has 2 heteroatoms. The molecule has 5 fully saturated rings. The Morgan fingerprint density at radius 3 is 2.05 bits per heavy atom. The maximum Gasteiger partial charge on any atom is 0.0251 e. The zero-order chi connectivity index (χ0) is 14.3. The van der Waals surface area contributed by atoms with Gasteiger partial charge in [-0.25, -0.2) is 0 Å². The van der Waals surface area contributed by atoms with Crippen LogP contribution in [0.4, 0.5) is 0 Å². The van der Waals surface area contributed by atoms with Crippen LogP contribution in [0.2, 0.25) is 0 Å². The lowest BCUT2D eigenvalue weighted by Gasteiger charge is -2.60. The van der Waals surface area contributed by atoms with Crippen molar-refractivity contribution < 1.29 is 0 Å². The van der Waals surface area contributed by atoms with E-state index in [4.69, 9.17) is 0 Å². The molecule has 5 aliphatic rings. The molecule has 1 heterocycles. The Morgan fingerprint density at radius 1 is 0.952 bits per heavy atom. The fraction of sp³-hybridized carbons (Fsp3) is 1.00. The third-order valence-corrected chi connectivity index (χ3v) is 7.16. The van der Waals surface area contributed by atoms with Gasteiger partial charge in [-0.15, -0.1) is 0 Å². The van der Waals surface area contributed by atoms with Gasteiger partial charge in [0.25, 0.3) is 0 Å². The number of nitrogens with zero attached hydrogens (tertiary/aromatic N) is 1. The first-order valence-corrected chi connectivity index (χ1v) is 9.73. The monoisotopic (exact) mass is 290 g/mol. The fourth-order valence-corrected chi connectivity index (χ4v) is 6.73. The number of hydrogen-bond donors (Lipinski definition) is 1. The predicted molar refractivity (Wildman–Crippen MR) is 88.4 cm³/mol. The summed E-state index contributed by atoms with van der Waals surface area (Å²) in [6.45, 7) is 7.51. The van der Waals surface area contributed by atoms with Crippen LogP contribution < -0.4 is 5.32 Å². The fourth-order valence-electron chi connectivity index (χ4n) is 6.73. The van der Waals surface area contributed by atoms with Crippen LogP contribution >= 0.6 is 0 Å². The molecule has 1 unspecified atom stereocenters. The molecule has 1 atom stereocenters. The molecule has 2 nitrogen and oxygen atoms in total. The standard InChI is InChI=1S/C19H34N2/c1-2-20-18(14-21-6-4-3-5-7-21)19-11-15-8-16(12-19)10-17(9-15)13-19/h15-18,20H,2-14H2,1H3. The smallest absolute Gasteiger partial charge is 0.0251 e. The zero-order valence-corrected chi connectivity index (χ0v) is 13.9. The van der Waals surface area contributed by atoms with Crippen LogP contribution in [0.5, 0.6) is 0 Å².